The Bertz CT molecular complexity index is 117. The smallest absolute Gasteiger partial charge is 0.188 e. The van der Waals surface area contributed by atoms with Crippen molar-refractivity contribution in [3.63, 3.8) is 0 Å². The highest BCUT2D eigenvalue weighted by atomic mass is 32.2. The molecule has 0 atom stereocenters. The van der Waals surface area contributed by atoms with Gasteiger partial charge in [-0.3, -0.25) is 9.18 Å². The van der Waals surface area contributed by atoms with Gasteiger partial charge in [-0.15, -0.1) is 0 Å². The Kier molecular flexibility index (Phi) is 9.00. The molecule has 0 amide bonds. The number of rotatable bonds is 7. The summed E-state index contributed by atoms with van der Waals surface area (Å²) in [5.74, 6) is 0.902. The summed E-state index contributed by atoms with van der Waals surface area (Å²) in [4.78, 5) is 10.8. The van der Waals surface area contributed by atoms with E-state index in [9.17, 15) is 9.18 Å². The lowest BCUT2D eigenvalue weighted by atomic mass is 10.2. The average molecular weight is 192 g/mol. The first-order chi connectivity index (χ1) is 5.81. The summed E-state index contributed by atoms with van der Waals surface area (Å²) in [7, 11) is 0. The largest absolute Gasteiger partial charge is 0.287 e. The van der Waals surface area contributed by atoms with Crippen molar-refractivity contribution >= 4 is 16.9 Å². The van der Waals surface area contributed by atoms with Gasteiger partial charge >= 0.3 is 0 Å². The van der Waals surface area contributed by atoms with Crippen molar-refractivity contribution in [2.75, 3.05) is 12.4 Å². The lowest BCUT2D eigenvalue weighted by Gasteiger charge is -1.98. The second-order valence-corrected chi connectivity index (χ2v) is 3.83. The Labute approximate surface area is 78.1 Å². The van der Waals surface area contributed by atoms with Crippen LogP contribution in [-0.4, -0.2) is 17.5 Å². The first kappa shape index (κ1) is 11.9. The van der Waals surface area contributed by atoms with Crippen molar-refractivity contribution < 1.29 is 9.18 Å². The summed E-state index contributed by atoms with van der Waals surface area (Å²) in [6, 6.07) is 0. The van der Waals surface area contributed by atoms with E-state index >= 15 is 0 Å². The number of hydrogen-bond donors (Lipinski definition) is 0. The van der Waals surface area contributed by atoms with Crippen molar-refractivity contribution in [2.45, 2.75) is 39.0 Å². The molecule has 0 saturated heterocycles. The Balaban J connectivity index is 2.95. The SMILES string of the molecule is CCC(=O)SCCCCCCF. The maximum absolute atomic E-state index is 11.6. The van der Waals surface area contributed by atoms with Gasteiger partial charge in [0.25, 0.3) is 0 Å². The van der Waals surface area contributed by atoms with Crippen LogP contribution in [-0.2, 0) is 4.79 Å². The van der Waals surface area contributed by atoms with E-state index < -0.39 is 0 Å². The first-order valence-corrected chi connectivity index (χ1v) is 5.51. The van der Waals surface area contributed by atoms with Crippen molar-refractivity contribution in [3.8, 4) is 0 Å². The molecule has 0 aromatic rings. The Morgan fingerprint density at radius 2 is 1.92 bits per heavy atom. The van der Waals surface area contributed by atoms with Crippen LogP contribution in [0.25, 0.3) is 0 Å². The minimum Gasteiger partial charge on any atom is -0.287 e. The van der Waals surface area contributed by atoms with Gasteiger partial charge in [0.2, 0.25) is 0 Å². The molecule has 0 fully saturated rings. The number of alkyl halides is 1. The minimum absolute atomic E-state index is 0.207. The van der Waals surface area contributed by atoms with E-state index in [2.05, 4.69) is 0 Å². The molecule has 1 nitrogen and oxygen atoms in total. The minimum atomic E-state index is -0.207. The zero-order valence-electron chi connectivity index (χ0n) is 7.64. The van der Waals surface area contributed by atoms with Gasteiger partial charge < -0.3 is 0 Å². The molecule has 0 saturated carbocycles. The number of unbranched alkanes of at least 4 members (excludes halogenated alkanes) is 3. The maximum atomic E-state index is 11.6. The molecule has 0 unspecified atom stereocenters. The molecule has 0 rings (SSSR count). The summed E-state index contributed by atoms with van der Waals surface area (Å²) in [6.45, 7) is 1.67. The third-order valence-corrected chi connectivity index (χ3v) is 2.68. The van der Waals surface area contributed by atoms with Gasteiger partial charge in [-0.05, 0) is 12.8 Å². The van der Waals surface area contributed by atoms with E-state index in [-0.39, 0.29) is 11.8 Å². The summed E-state index contributed by atoms with van der Waals surface area (Å²) in [6.07, 6.45) is 4.34. The van der Waals surface area contributed by atoms with Crippen LogP contribution in [0, 0.1) is 0 Å². The summed E-state index contributed by atoms with van der Waals surface area (Å²) >= 11 is 1.40. The molecule has 72 valence electrons. The van der Waals surface area contributed by atoms with Crippen molar-refractivity contribution in [2.24, 2.45) is 0 Å². The molecule has 0 aliphatic carbocycles. The second-order valence-electron chi connectivity index (χ2n) is 2.68. The van der Waals surface area contributed by atoms with Crippen molar-refractivity contribution in [1.82, 2.24) is 0 Å². The van der Waals surface area contributed by atoms with Crippen LogP contribution in [0.3, 0.4) is 0 Å². The molecule has 0 radical (unpaired) electrons. The van der Waals surface area contributed by atoms with E-state index in [4.69, 9.17) is 0 Å². The Morgan fingerprint density at radius 3 is 2.50 bits per heavy atom. The lowest BCUT2D eigenvalue weighted by Crippen LogP contribution is -1.90. The van der Waals surface area contributed by atoms with Gasteiger partial charge in [-0.2, -0.15) is 0 Å². The number of carbonyl (C=O) groups is 1. The number of carbonyl (C=O) groups excluding carboxylic acids is 1. The Morgan fingerprint density at radius 1 is 1.25 bits per heavy atom. The van der Waals surface area contributed by atoms with Crippen LogP contribution in [0.5, 0.6) is 0 Å². The van der Waals surface area contributed by atoms with Gasteiger partial charge in [-0.1, -0.05) is 31.5 Å². The van der Waals surface area contributed by atoms with E-state index in [0.29, 0.717) is 12.8 Å². The second kappa shape index (κ2) is 9.04. The highest BCUT2D eigenvalue weighted by Crippen LogP contribution is 2.10. The van der Waals surface area contributed by atoms with E-state index in [1.165, 1.54) is 11.8 Å². The van der Waals surface area contributed by atoms with Crippen molar-refractivity contribution in [1.29, 1.82) is 0 Å². The van der Waals surface area contributed by atoms with Crippen LogP contribution < -0.4 is 0 Å². The van der Waals surface area contributed by atoms with E-state index in [1.54, 1.807) is 0 Å². The molecule has 0 aromatic heterocycles. The van der Waals surface area contributed by atoms with Crippen LogP contribution in [0.2, 0.25) is 0 Å². The highest BCUT2D eigenvalue weighted by molar-refractivity contribution is 8.13. The molecular weight excluding hydrogens is 175 g/mol. The summed E-state index contributed by atoms with van der Waals surface area (Å²) in [5, 5.41) is 0.264. The van der Waals surface area contributed by atoms with Gasteiger partial charge in [0.1, 0.15) is 0 Å². The average Bonchev–Trinajstić information content (AvgIpc) is 2.10. The molecule has 0 spiro atoms. The molecule has 0 N–H and O–H groups in total. The lowest BCUT2D eigenvalue weighted by molar-refractivity contribution is -0.110. The highest BCUT2D eigenvalue weighted by Gasteiger charge is 1.97. The molecule has 0 heterocycles. The van der Waals surface area contributed by atoms with E-state index in [0.717, 1.165) is 25.0 Å². The van der Waals surface area contributed by atoms with Crippen LogP contribution in [0.15, 0.2) is 0 Å². The van der Waals surface area contributed by atoms with Crippen LogP contribution in [0.4, 0.5) is 4.39 Å². The third kappa shape index (κ3) is 8.05. The zero-order valence-corrected chi connectivity index (χ0v) is 8.46. The maximum Gasteiger partial charge on any atom is 0.188 e. The molecular formula is C9H17FOS. The molecule has 12 heavy (non-hydrogen) atoms. The fraction of sp³-hybridized carbons (Fsp3) is 0.889. The van der Waals surface area contributed by atoms with Gasteiger partial charge in [0.05, 0.1) is 6.67 Å². The predicted molar refractivity (Wildman–Crippen MR) is 52.2 cm³/mol. The Hall–Kier alpha value is -0.0500. The molecule has 0 aromatic carbocycles. The predicted octanol–water partition coefficient (Wildman–Crippen LogP) is 3.19. The molecule has 0 aliphatic rings. The zero-order chi connectivity index (χ0) is 9.23. The van der Waals surface area contributed by atoms with Gasteiger partial charge in [0, 0.05) is 12.2 Å². The monoisotopic (exact) mass is 192 g/mol. The van der Waals surface area contributed by atoms with Gasteiger partial charge in [0.15, 0.2) is 5.12 Å². The number of thioether (sulfide) groups is 1. The molecule has 3 heteroatoms. The summed E-state index contributed by atoms with van der Waals surface area (Å²) in [5.41, 5.74) is 0. The third-order valence-electron chi connectivity index (χ3n) is 1.58. The van der Waals surface area contributed by atoms with Gasteiger partial charge in [-0.25, -0.2) is 0 Å². The number of hydrogen-bond acceptors (Lipinski definition) is 2. The normalized spacial score (nSPS) is 10.2. The fourth-order valence-corrected chi connectivity index (χ4v) is 1.62. The molecule has 0 aliphatic heterocycles. The fourth-order valence-electron chi connectivity index (χ4n) is 0.838. The van der Waals surface area contributed by atoms with E-state index in [1.807, 2.05) is 6.92 Å². The van der Waals surface area contributed by atoms with Crippen LogP contribution >= 0.6 is 11.8 Å². The topological polar surface area (TPSA) is 17.1 Å². The molecule has 0 bridgehead atoms. The van der Waals surface area contributed by atoms with Crippen LogP contribution in [0.1, 0.15) is 39.0 Å². The summed E-state index contributed by atoms with van der Waals surface area (Å²) < 4.78 is 11.6. The quantitative estimate of drug-likeness (QED) is 0.576. The standard InChI is InChI=1S/C9H17FOS/c1-2-9(11)12-8-6-4-3-5-7-10/h2-8H2,1H3. The number of halogens is 1. The first-order valence-electron chi connectivity index (χ1n) is 4.52. The van der Waals surface area contributed by atoms with Crippen molar-refractivity contribution in [3.05, 3.63) is 0 Å².